The van der Waals surface area contributed by atoms with Gasteiger partial charge in [-0.3, -0.25) is 4.79 Å². The van der Waals surface area contributed by atoms with Gasteiger partial charge in [-0.15, -0.1) is 0 Å². The van der Waals surface area contributed by atoms with Crippen LogP contribution in [0.1, 0.15) is 0 Å². The van der Waals surface area contributed by atoms with Crippen molar-refractivity contribution in [2.45, 2.75) is 10.9 Å². The van der Waals surface area contributed by atoms with Gasteiger partial charge in [-0.25, -0.2) is 8.42 Å². The number of hydrogen-bond acceptors (Lipinski definition) is 5. The van der Waals surface area contributed by atoms with E-state index in [4.69, 9.17) is 14.9 Å². The normalized spacial score (nSPS) is 13.0. The summed E-state index contributed by atoms with van der Waals surface area (Å²) in [6.45, 7) is -0.856. The first-order valence-electron chi connectivity index (χ1n) is 5.01. The molecule has 0 heterocycles. The molecule has 0 amide bonds. The zero-order valence-electron chi connectivity index (χ0n) is 9.83. The molecule has 9 heteroatoms. The van der Waals surface area contributed by atoms with Gasteiger partial charge < -0.3 is 14.9 Å². The molecular weight excluding hydrogens is 342 g/mol. The molecule has 0 radical (unpaired) electrons. The maximum absolute atomic E-state index is 12.1. The second kappa shape index (κ2) is 6.33. The molecule has 0 aliphatic carbocycles. The molecule has 0 bridgehead atoms. The van der Waals surface area contributed by atoms with E-state index < -0.39 is 28.6 Å². The Morgan fingerprint density at radius 3 is 2.63 bits per heavy atom. The van der Waals surface area contributed by atoms with Crippen LogP contribution in [-0.4, -0.2) is 44.4 Å². The quantitative estimate of drug-likeness (QED) is 0.672. The molecule has 0 saturated carbocycles. The van der Waals surface area contributed by atoms with E-state index in [2.05, 4.69) is 15.9 Å². The second-order valence-corrected chi connectivity index (χ2v) is 6.09. The highest BCUT2D eigenvalue weighted by Gasteiger charge is 2.27. The van der Waals surface area contributed by atoms with Gasteiger partial charge in [-0.05, 0) is 18.2 Å². The van der Waals surface area contributed by atoms with E-state index in [0.29, 0.717) is 4.47 Å². The third-order valence-electron chi connectivity index (χ3n) is 2.19. The van der Waals surface area contributed by atoms with Gasteiger partial charge in [-0.1, -0.05) is 15.9 Å². The summed E-state index contributed by atoms with van der Waals surface area (Å²) in [5.41, 5.74) is 0. The van der Waals surface area contributed by atoms with Crippen LogP contribution in [0.25, 0.3) is 0 Å². The third-order valence-corrected chi connectivity index (χ3v) is 4.18. The predicted octanol–water partition coefficient (Wildman–Crippen LogP) is 0.182. The van der Waals surface area contributed by atoms with Crippen molar-refractivity contribution in [2.75, 3.05) is 13.7 Å². The lowest BCUT2D eigenvalue weighted by molar-refractivity contribution is -0.139. The van der Waals surface area contributed by atoms with Crippen LogP contribution in [-0.2, 0) is 14.8 Å². The van der Waals surface area contributed by atoms with Crippen LogP contribution in [0, 0.1) is 0 Å². The molecule has 0 aliphatic heterocycles. The summed E-state index contributed by atoms with van der Waals surface area (Å²) in [4.78, 5) is 10.5. The molecule has 1 aromatic rings. The first-order valence-corrected chi connectivity index (χ1v) is 7.29. The summed E-state index contributed by atoms with van der Waals surface area (Å²) in [6, 6.07) is 2.66. The number of halogens is 1. The third kappa shape index (κ3) is 3.90. The Balaban J connectivity index is 3.20. The number of carbonyl (C=O) groups is 1. The summed E-state index contributed by atoms with van der Waals surface area (Å²) in [7, 11) is -2.83. The van der Waals surface area contributed by atoms with Crippen LogP contribution in [0.2, 0.25) is 0 Å². The number of hydrogen-bond donors (Lipinski definition) is 3. The average molecular weight is 354 g/mol. The molecule has 19 heavy (non-hydrogen) atoms. The number of ether oxygens (including phenoxy) is 1. The Morgan fingerprint density at radius 1 is 1.53 bits per heavy atom. The number of aliphatic carboxylic acids is 1. The molecule has 3 N–H and O–H groups in total. The van der Waals surface area contributed by atoms with Crippen molar-refractivity contribution in [3.63, 3.8) is 0 Å². The van der Waals surface area contributed by atoms with Crippen molar-refractivity contribution in [2.24, 2.45) is 0 Å². The summed E-state index contributed by atoms with van der Waals surface area (Å²) < 4.78 is 31.4. The van der Waals surface area contributed by atoms with E-state index in [9.17, 15) is 13.2 Å². The van der Waals surface area contributed by atoms with Gasteiger partial charge in [0.25, 0.3) is 0 Å². The highest BCUT2D eigenvalue weighted by molar-refractivity contribution is 9.10. The van der Waals surface area contributed by atoms with Crippen LogP contribution >= 0.6 is 15.9 Å². The lowest BCUT2D eigenvalue weighted by atomic mass is 10.3. The van der Waals surface area contributed by atoms with Crippen LogP contribution in [0.15, 0.2) is 27.6 Å². The number of rotatable bonds is 6. The number of sulfonamides is 1. The minimum absolute atomic E-state index is 0.0674. The van der Waals surface area contributed by atoms with Gasteiger partial charge >= 0.3 is 5.97 Å². The molecule has 1 unspecified atom stereocenters. The lowest BCUT2D eigenvalue weighted by Crippen LogP contribution is -2.43. The van der Waals surface area contributed by atoms with Crippen LogP contribution in [0.4, 0.5) is 0 Å². The van der Waals surface area contributed by atoms with E-state index in [1.807, 2.05) is 4.72 Å². The van der Waals surface area contributed by atoms with Crippen molar-refractivity contribution in [1.82, 2.24) is 4.72 Å². The number of benzene rings is 1. The van der Waals surface area contributed by atoms with Crippen LogP contribution in [0.3, 0.4) is 0 Å². The highest BCUT2D eigenvalue weighted by Crippen LogP contribution is 2.27. The first kappa shape index (κ1) is 15.9. The molecule has 0 spiro atoms. The minimum atomic E-state index is -4.13. The largest absolute Gasteiger partial charge is 0.495 e. The fraction of sp³-hybridized carbons (Fsp3) is 0.300. The van der Waals surface area contributed by atoms with E-state index in [-0.39, 0.29) is 10.6 Å². The van der Waals surface area contributed by atoms with Crippen LogP contribution < -0.4 is 9.46 Å². The summed E-state index contributed by atoms with van der Waals surface area (Å²) in [5.74, 6) is -1.40. The van der Waals surface area contributed by atoms with Crippen molar-refractivity contribution in [3.8, 4) is 5.75 Å². The first-order chi connectivity index (χ1) is 8.81. The van der Waals surface area contributed by atoms with E-state index in [1.165, 1.54) is 19.2 Å². The van der Waals surface area contributed by atoms with Crippen molar-refractivity contribution in [1.29, 1.82) is 0 Å². The Kier molecular flexibility index (Phi) is 5.29. The molecule has 0 aliphatic rings. The van der Waals surface area contributed by atoms with Gasteiger partial charge in [0.2, 0.25) is 10.0 Å². The van der Waals surface area contributed by atoms with Gasteiger partial charge in [0.15, 0.2) is 0 Å². The summed E-state index contributed by atoms with van der Waals surface area (Å²) in [5, 5.41) is 17.6. The number of nitrogens with one attached hydrogen (secondary N) is 1. The Bertz CT molecular complexity index is 573. The van der Waals surface area contributed by atoms with Gasteiger partial charge in [0, 0.05) is 4.47 Å². The SMILES string of the molecule is COc1ccc(Br)cc1S(=O)(=O)NC(CO)C(=O)O. The molecule has 0 aromatic heterocycles. The predicted molar refractivity (Wildman–Crippen MR) is 69.5 cm³/mol. The maximum atomic E-state index is 12.1. The molecule has 106 valence electrons. The highest BCUT2D eigenvalue weighted by atomic mass is 79.9. The summed E-state index contributed by atoms with van der Waals surface area (Å²) >= 11 is 3.12. The monoisotopic (exact) mass is 353 g/mol. The fourth-order valence-corrected chi connectivity index (χ4v) is 3.16. The smallest absolute Gasteiger partial charge is 0.324 e. The molecular formula is C10H12BrNO6S. The second-order valence-electron chi connectivity index (χ2n) is 3.49. The Labute approximate surface area is 118 Å². The average Bonchev–Trinajstić information content (AvgIpc) is 2.35. The van der Waals surface area contributed by atoms with E-state index >= 15 is 0 Å². The maximum Gasteiger partial charge on any atom is 0.324 e. The Morgan fingerprint density at radius 2 is 2.16 bits per heavy atom. The number of carboxylic acid groups (broad SMARTS) is 1. The molecule has 1 rings (SSSR count). The number of aliphatic hydroxyl groups is 1. The van der Waals surface area contributed by atoms with Gasteiger partial charge in [0.1, 0.15) is 16.7 Å². The zero-order valence-corrected chi connectivity index (χ0v) is 12.2. The van der Waals surface area contributed by atoms with Gasteiger partial charge in [0.05, 0.1) is 13.7 Å². The lowest BCUT2D eigenvalue weighted by Gasteiger charge is -2.14. The van der Waals surface area contributed by atoms with Gasteiger partial charge in [-0.2, -0.15) is 4.72 Å². The van der Waals surface area contributed by atoms with Crippen molar-refractivity contribution >= 4 is 31.9 Å². The number of aliphatic hydroxyl groups excluding tert-OH is 1. The summed E-state index contributed by atoms with van der Waals surface area (Å²) in [6.07, 6.45) is 0. The van der Waals surface area contributed by atoms with Crippen molar-refractivity contribution in [3.05, 3.63) is 22.7 Å². The van der Waals surface area contributed by atoms with Crippen LogP contribution in [0.5, 0.6) is 5.75 Å². The number of carboxylic acids is 1. The Hall–Kier alpha value is -1.16. The van der Waals surface area contributed by atoms with E-state index in [1.54, 1.807) is 6.07 Å². The number of methoxy groups -OCH3 is 1. The topological polar surface area (TPSA) is 113 Å². The molecule has 1 aromatic carbocycles. The zero-order chi connectivity index (χ0) is 14.6. The molecule has 0 fully saturated rings. The van der Waals surface area contributed by atoms with E-state index in [0.717, 1.165) is 0 Å². The molecule has 1 atom stereocenters. The molecule has 0 saturated heterocycles. The van der Waals surface area contributed by atoms with Crippen molar-refractivity contribution < 1.29 is 28.2 Å². The molecule has 7 nitrogen and oxygen atoms in total. The standard InChI is InChI=1S/C10H12BrNO6S/c1-18-8-3-2-6(11)4-9(8)19(16,17)12-7(5-13)10(14)15/h2-4,7,12-13H,5H2,1H3,(H,14,15). The fourth-order valence-electron chi connectivity index (χ4n) is 1.28. The minimum Gasteiger partial charge on any atom is -0.495 e.